The van der Waals surface area contributed by atoms with Gasteiger partial charge in [-0.05, 0) is 37.1 Å². The van der Waals surface area contributed by atoms with Crippen LogP contribution in [0.4, 0.5) is 5.69 Å². The Morgan fingerprint density at radius 3 is 2.30 bits per heavy atom. The molecule has 3 N–H and O–H groups in total. The van der Waals surface area contributed by atoms with Gasteiger partial charge in [-0.15, -0.1) is 0 Å². The van der Waals surface area contributed by atoms with Crippen molar-refractivity contribution in [3.05, 3.63) is 59.7 Å². The van der Waals surface area contributed by atoms with Gasteiger partial charge in [0.2, 0.25) is 10.0 Å². The topological polar surface area (TPSA) is 72.2 Å². The van der Waals surface area contributed by atoms with Crippen molar-refractivity contribution >= 4 is 15.7 Å². The second-order valence-corrected chi connectivity index (χ2v) is 6.29. The van der Waals surface area contributed by atoms with Crippen molar-refractivity contribution < 1.29 is 8.42 Å². The van der Waals surface area contributed by atoms with Gasteiger partial charge < -0.3 is 5.32 Å². The second kappa shape index (κ2) is 5.64. The largest absolute Gasteiger partial charge is 0.377 e. The van der Waals surface area contributed by atoms with Crippen LogP contribution in [0.1, 0.15) is 24.1 Å². The summed E-state index contributed by atoms with van der Waals surface area (Å²) in [5.41, 5.74) is 2.79. The Morgan fingerprint density at radius 1 is 1.05 bits per heavy atom. The highest BCUT2D eigenvalue weighted by atomic mass is 32.2. The van der Waals surface area contributed by atoms with Crippen LogP contribution in [0, 0.1) is 6.92 Å². The number of aryl methyl sites for hydroxylation is 1. The van der Waals surface area contributed by atoms with Gasteiger partial charge in [0.1, 0.15) is 4.90 Å². The molecule has 0 spiro atoms. The molecule has 0 aromatic heterocycles. The molecule has 0 saturated heterocycles. The third-order valence-electron chi connectivity index (χ3n) is 3.22. The number of rotatable bonds is 4. The van der Waals surface area contributed by atoms with Crippen molar-refractivity contribution in [2.24, 2.45) is 5.14 Å². The molecule has 2 rings (SSSR count). The minimum absolute atomic E-state index is 0.0147. The van der Waals surface area contributed by atoms with Crippen molar-refractivity contribution in [1.82, 2.24) is 0 Å². The minimum atomic E-state index is -3.73. The van der Waals surface area contributed by atoms with Crippen LogP contribution in [-0.2, 0) is 10.0 Å². The summed E-state index contributed by atoms with van der Waals surface area (Å²) in [6, 6.07) is 14.6. The van der Waals surface area contributed by atoms with Gasteiger partial charge in [-0.1, -0.05) is 36.4 Å². The predicted molar refractivity (Wildman–Crippen MR) is 81.0 cm³/mol. The van der Waals surface area contributed by atoms with E-state index in [0.717, 1.165) is 11.1 Å². The molecule has 0 radical (unpaired) electrons. The zero-order chi connectivity index (χ0) is 14.8. The van der Waals surface area contributed by atoms with E-state index in [1.54, 1.807) is 18.2 Å². The Balaban J connectivity index is 2.34. The number of hydrogen-bond donors (Lipinski definition) is 2. The zero-order valence-electron chi connectivity index (χ0n) is 11.5. The third kappa shape index (κ3) is 3.18. The molecule has 2 aromatic carbocycles. The number of nitrogens with one attached hydrogen (secondary N) is 1. The average Bonchev–Trinajstić information content (AvgIpc) is 2.38. The Bertz CT molecular complexity index is 711. The Kier molecular flexibility index (Phi) is 4.11. The molecule has 5 heteroatoms. The van der Waals surface area contributed by atoms with Crippen LogP contribution in [0.25, 0.3) is 0 Å². The van der Waals surface area contributed by atoms with Crippen molar-refractivity contribution in [1.29, 1.82) is 0 Å². The van der Waals surface area contributed by atoms with Crippen molar-refractivity contribution in [3.63, 3.8) is 0 Å². The predicted octanol–water partition coefficient (Wildman–Crippen LogP) is 2.82. The van der Waals surface area contributed by atoms with Crippen LogP contribution >= 0.6 is 0 Å². The molecule has 106 valence electrons. The molecule has 0 fully saturated rings. The maximum absolute atomic E-state index is 11.6. The van der Waals surface area contributed by atoms with Gasteiger partial charge in [0.25, 0.3) is 0 Å². The summed E-state index contributed by atoms with van der Waals surface area (Å²) in [6.45, 7) is 4.02. The van der Waals surface area contributed by atoms with E-state index in [9.17, 15) is 8.42 Å². The first-order chi connectivity index (χ1) is 9.39. The number of nitrogens with two attached hydrogens (primary N) is 1. The van der Waals surface area contributed by atoms with E-state index >= 15 is 0 Å². The Hall–Kier alpha value is -1.85. The highest BCUT2D eigenvalue weighted by Crippen LogP contribution is 2.26. The Morgan fingerprint density at radius 2 is 1.65 bits per heavy atom. The highest BCUT2D eigenvalue weighted by Gasteiger charge is 2.15. The van der Waals surface area contributed by atoms with E-state index in [2.05, 4.69) is 5.32 Å². The van der Waals surface area contributed by atoms with Gasteiger partial charge in [-0.2, -0.15) is 0 Å². The maximum Gasteiger partial charge on any atom is 0.240 e. The lowest BCUT2D eigenvalue weighted by Gasteiger charge is -2.19. The molecule has 4 nitrogen and oxygen atoms in total. The van der Waals surface area contributed by atoms with Gasteiger partial charge in [0.05, 0.1) is 5.69 Å². The highest BCUT2D eigenvalue weighted by molar-refractivity contribution is 7.89. The van der Waals surface area contributed by atoms with Crippen LogP contribution in [0.5, 0.6) is 0 Å². The number of anilines is 1. The van der Waals surface area contributed by atoms with Crippen LogP contribution in [-0.4, -0.2) is 8.42 Å². The van der Waals surface area contributed by atoms with Gasteiger partial charge in [0.15, 0.2) is 0 Å². The number of para-hydroxylation sites is 1. The van der Waals surface area contributed by atoms with Crippen LogP contribution in [0.3, 0.4) is 0 Å². The first-order valence-electron chi connectivity index (χ1n) is 6.33. The molecule has 0 saturated carbocycles. The minimum Gasteiger partial charge on any atom is -0.377 e. The lowest BCUT2D eigenvalue weighted by atomic mass is 10.0. The van der Waals surface area contributed by atoms with Crippen LogP contribution in [0.2, 0.25) is 0 Å². The molecule has 20 heavy (non-hydrogen) atoms. The summed E-state index contributed by atoms with van der Waals surface area (Å²) in [5.74, 6) is 0. The van der Waals surface area contributed by atoms with E-state index in [1.165, 1.54) is 6.07 Å². The summed E-state index contributed by atoms with van der Waals surface area (Å²) >= 11 is 0. The SMILES string of the molecule is Cc1ccccc1C(C)Nc1ccccc1S(N)(=O)=O. The standard InChI is InChI=1S/C15H18N2O2S/c1-11-7-3-4-8-13(11)12(2)17-14-9-5-6-10-15(14)20(16,18)19/h3-10,12,17H,1-2H3,(H2,16,18,19). The molecule has 1 unspecified atom stereocenters. The molecular weight excluding hydrogens is 272 g/mol. The lowest BCUT2D eigenvalue weighted by Crippen LogP contribution is -2.16. The number of sulfonamides is 1. The lowest BCUT2D eigenvalue weighted by molar-refractivity contribution is 0.598. The third-order valence-corrected chi connectivity index (χ3v) is 4.19. The molecular formula is C15H18N2O2S. The average molecular weight is 290 g/mol. The fourth-order valence-electron chi connectivity index (χ4n) is 2.22. The number of primary sulfonamides is 1. The van der Waals surface area contributed by atoms with Crippen LogP contribution < -0.4 is 10.5 Å². The first-order valence-corrected chi connectivity index (χ1v) is 7.88. The number of hydrogen-bond acceptors (Lipinski definition) is 3. The van der Waals surface area contributed by atoms with Gasteiger partial charge in [0, 0.05) is 6.04 Å². The molecule has 0 bridgehead atoms. The summed E-state index contributed by atoms with van der Waals surface area (Å²) in [6.07, 6.45) is 0. The van der Waals surface area contributed by atoms with Gasteiger partial charge in [-0.25, -0.2) is 13.6 Å². The molecule has 0 amide bonds. The fourth-order valence-corrected chi connectivity index (χ4v) is 2.92. The molecule has 0 aliphatic heterocycles. The second-order valence-electron chi connectivity index (χ2n) is 4.76. The molecule has 0 heterocycles. The monoisotopic (exact) mass is 290 g/mol. The van der Waals surface area contributed by atoms with Crippen molar-refractivity contribution in [2.45, 2.75) is 24.8 Å². The van der Waals surface area contributed by atoms with Crippen LogP contribution in [0.15, 0.2) is 53.4 Å². The number of benzene rings is 2. The summed E-state index contributed by atoms with van der Waals surface area (Å²) in [5, 5.41) is 8.45. The first kappa shape index (κ1) is 14.6. The van der Waals surface area contributed by atoms with E-state index in [1.807, 2.05) is 38.1 Å². The Labute approximate surface area is 119 Å². The summed E-state index contributed by atoms with van der Waals surface area (Å²) in [4.78, 5) is 0.112. The van der Waals surface area contributed by atoms with E-state index < -0.39 is 10.0 Å². The maximum atomic E-state index is 11.6. The quantitative estimate of drug-likeness (QED) is 0.909. The summed E-state index contributed by atoms with van der Waals surface area (Å²) in [7, 11) is -3.73. The van der Waals surface area contributed by atoms with E-state index in [0.29, 0.717) is 5.69 Å². The van der Waals surface area contributed by atoms with E-state index in [4.69, 9.17) is 5.14 Å². The van der Waals surface area contributed by atoms with E-state index in [-0.39, 0.29) is 10.9 Å². The fraction of sp³-hybridized carbons (Fsp3) is 0.200. The molecule has 0 aliphatic carbocycles. The molecule has 2 aromatic rings. The smallest absolute Gasteiger partial charge is 0.240 e. The summed E-state index contributed by atoms with van der Waals surface area (Å²) < 4.78 is 23.2. The van der Waals surface area contributed by atoms with Gasteiger partial charge >= 0.3 is 0 Å². The van der Waals surface area contributed by atoms with Gasteiger partial charge in [-0.3, -0.25) is 0 Å². The van der Waals surface area contributed by atoms with Crippen molar-refractivity contribution in [2.75, 3.05) is 5.32 Å². The molecule has 0 aliphatic rings. The normalized spacial score (nSPS) is 12.9. The van der Waals surface area contributed by atoms with Crippen molar-refractivity contribution in [3.8, 4) is 0 Å². The molecule has 1 atom stereocenters. The zero-order valence-corrected chi connectivity index (χ0v) is 12.3.